The largest absolute Gasteiger partial charge is 0.497 e. The van der Waals surface area contributed by atoms with Gasteiger partial charge in [0.05, 0.1) is 18.2 Å². The Morgan fingerprint density at radius 1 is 1.07 bits per heavy atom. The van der Waals surface area contributed by atoms with E-state index < -0.39 is 11.7 Å². The third kappa shape index (κ3) is 4.28. The summed E-state index contributed by atoms with van der Waals surface area (Å²) in [7, 11) is 1.45. The van der Waals surface area contributed by atoms with Crippen LogP contribution in [0.25, 0.3) is 10.9 Å². The van der Waals surface area contributed by atoms with Gasteiger partial charge in [-0.05, 0) is 24.3 Å². The minimum absolute atomic E-state index is 0.202. The number of nitrogens with zero attached hydrogens (tertiary/aromatic N) is 1. The molecule has 5 nitrogen and oxygen atoms in total. The number of hydrogen-bond donors (Lipinski definition) is 1. The molecular formula is C19H15F3N2O3. The number of aromatic nitrogens is 1. The molecule has 27 heavy (non-hydrogen) atoms. The molecule has 140 valence electrons. The molecule has 3 aromatic rings. The van der Waals surface area contributed by atoms with E-state index in [0.29, 0.717) is 22.7 Å². The van der Waals surface area contributed by atoms with Crippen molar-refractivity contribution in [2.75, 3.05) is 12.4 Å². The molecular weight excluding hydrogens is 361 g/mol. The van der Waals surface area contributed by atoms with Gasteiger partial charge in [-0.1, -0.05) is 0 Å². The maximum Gasteiger partial charge on any atom is 0.416 e. The van der Waals surface area contributed by atoms with E-state index in [1.165, 1.54) is 32.4 Å². The van der Waals surface area contributed by atoms with Crippen LogP contribution >= 0.6 is 0 Å². The van der Waals surface area contributed by atoms with Crippen molar-refractivity contribution in [1.29, 1.82) is 0 Å². The summed E-state index contributed by atoms with van der Waals surface area (Å²) < 4.78 is 50.0. The summed E-state index contributed by atoms with van der Waals surface area (Å²) in [6.07, 6.45) is -3.03. The van der Waals surface area contributed by atoms with Crippen molar-refractivity contribution in [3.05, 3.63) is 54.2 Å². The van der Waals surface area contributed by atoms with Crippen molar-refractivity contribution >= 4 is 22.5 Å². The molecule has 0 unspecified atom stereocenters. The van der Waals surface area contributed by atoms with Crippen molar-refractivity contribution in [1.82, 2.24) is 4.98 Å². The number of carbonyl (C=O) groups excluding carboxylic acids is 1. The predicted octanol–water partition coefficient (Wildman–Crippen LogP) is 5.01. The molecule has 1 amide bonds. The number of ether oxygens (including phenoxy) is 2. The molecule has 8 heteroatoms. The molecule has 0 aliphatic carbocycles. The first-order valence-corrected chi connectivity index (χ1v) is 7.87. The van der Waals surface area contributed by atoms with Crippen molar-refractivity contribution in [3.8, 4) is 17.2 Å². The monoisotopic (exact) mass is 376 g/mol. The van der Waals surface area contributed by atoms with Gasteiger partial charge in [-0.25, -0.2) is 0 Å². The molecule has 0 atom stereocenters. The van der Waals surface area contributed by atoms with E-state index >= 15 is 0 Å². The summed E-state index contributed by atoms with van der Waals surface area (Å²) in [4.78, 5) is 15.3. The number of rotatable bonds is 4. The molecule has 0 spiro atoms. The number of nitrogens with one attached hydrogen (secondary N) is 1. The zero-order valence-corrected chi connectivity index (χ0v) is 14.4. The van der Waals surface area contributed by atoms with Crippen LogP contribution in [0.2, 0.25) is 0 Å². The first-order chi connectivity index (χ1) is 12.8. The van der Waals surface area contributed by atoms with E-state index in [-0.39, 0.29) is 17.0 Å². The molecule has 1 heterocycles. The van der Waals surface area contributed by atoms with Gasteiger partial charge >= 0.3 is 6.18 Å². The Labute approximate surface area is 152 Å². The number of anilines is 1. The van der Waals surface area contributed by atoms with E-state index in [9.17, 15) is 18.0 Å². The Balaban J connectivity index is 2.04. The van der Waals surface area contributed by atoms with Gasteiger partial charge in [-0.15, -0.1) is 0 Å². The summed E-state index contributed by atoms with van der Waals surface area (Å²) in [5.41, 5.74) is 0.00843. The van der Waals surface area contributed by atoms with Crippen LogP contribution in [0.5, 0.6) is 17.2 Å². The fourth-order valence-electron chi connectivity index (χ4n) is 2.54. The average molecular weight is 376 g/mol. The van der Waals surface area contributed by atoms with Crippen molar-refractivity contribution in [2.45, 2.75) is 13.1 Å². The second-order valence-corrected chi connectivity index (χ2v) is 5.72. The average Bonchev–Trinajstić information content (AvgIpc) is 2.60. The molecule has 3 rings (SSSR count). The zero-order chi connectivity index (χ0) is 19.6. The highest BCUT2D eigenvalue weighted by molar-refractivity contribution is 5.89. The number of carbonyl (C=O) groups is 1. The van der Waals surface area contributed by atoms with Gasteiger partial charge in [0.2, 0.25) is 5.91 Å². The lowest BCUT2D eigenvalue weighted by atomic mass is 10.1. The first kappa shape index (κ1) is 18.5. The zero-order valence-electron chi connectivity index (χ0n) is 14.4. The van der Waals surface area contributed by atoms with E-state index in [1.807, 2.05) is 0 Å². The summed E-state index contributed by atoms with van der Waals surface area (Å²) in [5.74, 6) is 0.639. The van der Waals surface area contributed by atoms with Crippen LogP contribution in [-0.2, 0) is 11.0 Å². The normalized spacial score (nSPS) is 11.3. The van der Waals surface area contributed by atoms with Crippen LogP contribution in [0.4, 0.5) is 18.9 Å². The molecule has 0 saturated heterocycles. The lowest BCUT2D eigenvalue weighted by Crippen LogP contribution is -2.06. The maximum absolute atomic E-state index is 13.0. The number of pyridine rings is 1. The smallest absolute Gasteiger partial charge is 0.416 e. The van der Waals surface area contributed by atoms with Gasteiger partial charge in [0.1, 0.15) is 17.2 Å². The molecule has 0 aliphatic rings. The molecule has 2 aromatic carbocycles. The van der Waals surface area contributed by atoms with Gasteiger partial charge in [0.25, 0.3) is 0 Å². The summed E-state index contributed by atoms with van der Waals surface area (Å²) in [5, 5.41) is 2.83. The quantitative estimate of drug-likeness (QED) is 0.695. The standard InChI is InChI=1S/C19H15F3N2O3/c1-11(25)24-13-8-14(26-2)10-15(9-13)27-18-5-6-23-17-4-3-12(7-16(17)18)19(20,21)22/h3-10H,1-2H3,(H,24,25). The number of methoxy groups -OCH3 is 1. The highest BCUT2D eigenvalue weighted by Crippen LogP contribution is 2.36. The van der Waals surface area contributed by atoms with Crippen molar-refractivity contribution in [3.63, 3.8) is 0 Å². The number of halogens is 3. The Morgan fingerprint density at radius 3 is 2.48 bits per heavy atom. The first-order valence-electron chi connectivity index (χ1n) is 7.87. The van der Waals surface area contributed by atoms with Crippen LogP contribution in [0.3, 0.4) is 0 Å². The lowest BCUT2D eigenvalue weighted by Gasteiger charge is -2.13. The summed E-state index contributed by atoms with van der Waals surface area (Å²) in [6.45, 7) is 1.36. The third-order valence-corrected chi connectivity index (χ3v) is 3.69. The Hall–Kier alpha value is -3.29. The van der Waals surface area contributed by atoms with Crippen LogP contribution < -0.4 is 14.8 Å². The van der Waals surface area contributed by atoms with Crippen LogP contribution in [-0.4, -0.2) is 18.0 Å². The predicted molar refractivity (Wildman–Crippen MR) is 94.1 cm³/mol. The van der Waals surface area contributed by atoms with Gasteiger partial charge in [-0.2, -0.15) is 13.2 Å². The van der Waals surface area contributed by atoms with Crippen molar-refractivity contribution < 1.29 is 27.4 Å². The van der Waals surface area contributed by atoms with Crippen LogP contribution in [0.1, 0.15) is 12.5 Å². The molecule has 0 bridgehead atoms. The van der Waals surface area contributed by atoms with Gasteiger partial charge in [-0.3, -0.25) is 9.78 Å². The highest BCUT2D eigenvalue weighted by atomic mass is 19.4. The molecule has 1 N–H and O–H groups in total. The lowest BCUT2D eigenvalue weighted by molar-refractivity contribution is -0.137. The van der Waals surface area contributed by atoms with Gasteiger partial charge in [0.15, 0.2) is 0 Å². The maximum atomic E-state index is 13.0. The van der Waals surface area contributed by atoms with E-state index in [2.05, 4.69) is 10.3 Å². The summed E-state index contributed by atoms with van der Waals surface area (Å²) >= 11 is 0. The van der Waals surface area contributed by atoms with Crippen molar-refractivity contribution in [2.24, 2.45) is 0 Å². The Kier molecular flexibility index (Phi) is 4.89. The van der Waals surface area contributed by atoms with Crippen LogP contribution in [0, 0.1) is 0 Å². The molecule has 0 saturated carbocycles. The molecule has 1 aromatic heterocycles. The van der Waals surface area contributed by atoms with E-state index in [1.54, 1.807) is 18.2 Å². The topological polar surface area (TPSA) is 60.5 Å². The van der Waals surface area contributed by atoms with Gasteiger partial charge in [0, 0.05) is 42.4 Å². The Bertz CT molecular complexity index is 1000. The van der Waals surface area contributed by atoms with E-state index in [0.717, 1.165) is 12.1 Å². The minimum Gasteiger partial charge on any atom is -0.497 e. The second-order valence-electron chi connectivity index (χ2n) is 5.72. The third-order valence-electron chi connectivity index (χ3n) is 3.69. The minimum atomic E-state index is -4.48. The fraction of sp³-hybridized carbons (Fsp3) is 0.158. The fourth-order valence-corrected chi connectivity index (χ4v) is 2.54. The molecule has 0 aliphatic heterocycles. The second kappa shape index (κ2) is 7.14. The number of alkyl halides is 3. The van der Waals surface area contributed by atoms with Crippen LogP contribution in [0.15, 0.2) is 48.7 Å². The number of hydrogen-bond acceptors (Lipinski definition) is 4. The Morgan fingerprint density at radius 2 is 1.81 bits per heavy atom. The van der Waals surface area contributed by atoms with E-state index in [4.69, 9.17) is 9.47 Å². The number of benzene rings is 2. The number of fused-ring (bicyclic) bond motifs is 1. The number of amides is 1. The SMILES string of the molecule is COc1cc(NC(C)=O)cc(Oc2ccnc3ccc(C(F)(F)F)cc23)c1. The van der Waals surface area contributed by atoms with Gasteiger partial charge < -0.3 is 14.8 Å². The molecule has 0 radical (unpaired) electrons. The highest BCUT2D eigenvalue weighted by Gasteiger charge is 2.30. The summed E-state index contributed by atoms with van der Waals surface area (Å²) in [6, 6.07) is 9.43. The molecule has 0 fully saturated rings.